The summed E-state index contributed by atoms with van der Waals surface area (Å²) in [5, 5.41) is 2.10. The van der Waals surface area contributed by atoms with Gasteiger partial charge < -0.3 is 9.64 Å². The van der Waals surface area contributed by atoms with Gasteiger partial charge in [-0.1, -0.05) is 6.07 Å². The van der Waals surface area contributed by atoms with E-state index in [2.05, 4.69) is 22.4 Å². The van der Waals surface area contributed by atoms with E-state index in [4.69, 9.17) is 4.74 Å². The minimum absolute atomic E-state index is 0.0345. The lowest BCUT2D eigenvalue weighted by Gasteiger charge is -2.38. The Balaban J connectivity index is 1.67. The molecule has 1 saturated heterocycles. The molecule has 1 fully saturated rings. The first kappa shape index (κ1) is 18.0. The number of carbonyl (C=O) groups excluding carboxylic acids is 1. The first-order valence-electron chi connectivity index (χ1n) is 8.48. The second-order valence-corrected chi connectivity index (χ2v) is 7.29. The van der Waals surface area contributed by atoms with Crippen LogP contribution in [0.1, 0.15) is 17.7 Å². The van der Waals surface area contributed by atoms with E-state index >= 15 is 0 Å². The molecule has 0 saturated carbocycles. The summed E-state index contributed by atoms with van der Waals surface area (Å²) in [6, 6.07) is 10.5. The van der Waals surface area contributed by atoms with Crippen molar-refractivity contribution in [3.63, 3.8) is 0 Å². The normalized spacial score (nSPS) is 16.1. The number of halogens is 1. The molecule has 1 aliphatic rings. The Kier molecular flexibility index (Phi) is 6.18. The van der Waals surface area contributed by atoms with Crippen LogP contribution in [0.25, 0.3) is 0 Å². The summed E-state index contributed by atoms with van der Waals surface area (Å²) in [7, 11) is 1.52. The van der Waals surface area contributed by atoms with E-state index in [-0.39, 0.29) is 24.4 Å². The molecule has 1 aromatic carbocycles. The lowest BCUT2D eigenvalue weighted by atomic mass is 10.0. The molecule has 6 heteroatoms. The van der Waals surface area contributed by atoms with Gasteiger partial charge in [-0.3, -0.25) is 9.69 Å². The number of carbonyl (C=O) groups is 1. The van der Waals surface area contributed by atoms with Gasteiger partial charge in [0.15, 0.2) is 0 Å². The Morgan fingerprint density at radius 3 is 2.60 bits per heavy atom. The van der Waals surface area contributed by atoms with Crippen LogP contribution in [0.5, 0.6) is 0 Å². The molecular formula is C19H23FN2O2S. The molecular weight excluding hydrogens is 339 g/mol. The molecule has 0 atom stereocenters. The smallest absolute Gasteiger partial charge is 0.253 e. The van der Waals surface area contributed by atoms with Crippen molar-refractivity contribution in [3.8, 4) is 0 Å². The van der Waals surface area contributed by atoms with Crippen molar-refractivity contribution in [3.05, 3.63) is 52.5 Å². The number of methoxy groups -OCH3 is 1. The number of rotatable bonds is 6. The molecule has 25 heavy (non-hydrogen) atoms. The van der Waals surface area contributed by atoms with Gasteiger partial charge in [0.05, 0.1) is 0 Å². The molecule has 1 aromatic heterocycles. The fourth-order valence-corrected chi connectivity index (χ4v) is 4.06. The summed E-state index contributed by atoms with van der Waals surface area (Å²) < 4.78 is 18.3. The van der Waals surface area contributed by atoms with Crippen LogP contribution in [0.4, 0.5) is 10.1 Å². The predicted octanol–water partition coefficient (Wildman–Crippen LogP) is 3.53. The molecule has 134 valence electrons. The third-order valence-corrected chi connectivity index (χ3v) is 5.38. The number of amides is 1. The van der Waals surface area contributed by atoms with Gasteiger partial charge in [0.2, 0.25) is 0 Å². The molecule has 1 amide bonds. The van der Waals surface area contributed by atoms with E-state index in [1.165, 1.54) is 24.1 Å². The number of benzene rings is 1. The third kappa shape index (κ3) is 4.66. The molecule has 0 N–H and O–H groups in total. The summed E-state index contributed by atoms with van der Waals surface area (Å²) in [5.41, 5.74) is 0.736. The van der Waals surface area contributed by atoms with Crippen molar-refractivity contribution in [2.45, 2.75) is 25.4 Å². The van der Waals surface area contributed by atoms with Crippen LogP contribution in [0.3, 0.4) is 0 Å². The van der Waals surface area contributed by atoms with Crippen LogP contribution < -0.4 is 4.90 Å². The Morgan fingerprint density at radius 2 is 2.00 bits per heavy atom. The largest absolute Gasteiger partial charge is 0.375 e. The van der Waals surface area contributed by atoms with E-state index in [0.29, 0.717) is 0 Å². The van der Waals surface area contributed by atoms with Gasteiger partial charge in [0, 0.05) is 43.4 Å². The number of thiophene rings is 1. The highest BCUT2D eigenvalue weighted by molar-refractivity contribution is 7.09. The number of hydrogen-bond donors (Lipinski definition) is 0. The summed E-state index contributed by atoms with van der Waals surface area (Å²) in [4.78, 5) is 18.1. The molecule has 0 aliphatic carbocycles. The van der Waals surface area contributed by atoms with Gasteiger partial charge in [0.25, 0.3) is 5.91 Å². The van der Waals surface area contributed by atoms with Gasteiger partial charge >= 0.3 is 0 Å². The van der Waals surface area contributed by atoms with Crippen LogP contribution in [-0.2, 0) is 16.1 Å². The number of hydrogen-bond acceptors (Lipinski definition) is 4. The van der Waals surface area contributed by atoms with Crippen LogP contribution in [-0.4, -0.2) is 43.7 Å². The predicted molar refractivity (Wildman–Crippen MR) is 98.4 cm³/mol. The van der Waals surface area contributed by atoms with Crippen LogP contribution in [0.15, 0.2) is 41.8 Å². The van der Waals surface area contributed by atoms with Crippen LogP contribution in [0, 0.1) is 5.82 Å². The average molecular weight is 362 g/mol. The van der Waals surface area contributed by atoms with Crippen molar-refractivity contribution in [2.75, 3.05) is 31.7 Å². The molecule has 0 radical (unpaired) electrons. The van der Waals surface area contributed by atoms with Crippen molar-refractivity contribution in [1.82, 2.24) is 4.90 Å². The Morgan fingerprint density at radius 1 is 1.28 bits per heavy atom. The quantitative estimate of drug-likeness (QED) is 0.788. The Labute approximate surface area is 151 Å². The van der Waals surface area contributed by atoms with Crippen molar-refractivity contribution in [2.24, 2.45) is 0 Å². The fourth-order valence-electron chi connectivity index (χ4n) is 3.31. The fraction of sp³-hybridized carbons (Fsp3) is 0.421. The number of anilines is 1. The number of piperidine rings is 1. The van der Waals surface area contributed by atoms with Crippen LogP contribution in [0.2, 0.25) is 0 Å². The Bertz CT molecular complexity index is 667. The lowest BCUT2D eigenvalue weighted by molar-refractivity contribution is -0.122. The van der Waals surface area contributed by atoms with Crippen molar-refractivity contribution in [1.29, 1.82) is 0 Å². The van der Waals surface area contributed by atoms with E-state index in [1.807, 2.05) is 0 Å². The standard InChI is InChI=1S/C19H23FN2O2S/c1-24-14-19(23)22(16-6-4-15(20)5-7-16)17-8-10-21(11-9-17)13-18-3-2-12-25-18/h2-7,12,17H,8-11,13-14H2,1H3. The molecule has 0 bridgehead atoms. The summed E-state index contributed by atoms with van der Waals surface area (Å²) in [5.74, 6) is -0.375. The summed E-state index contributed by atoms with van der Waals surface area (Å²) >= 11 is 1.78. The lowest BCUT2D eigenvalue weighted by Crippen LogP contribution is -2.48. The van der Waals surface area contributed by atoms with E-state index in [0.717, 1.165) is 38.2 Å². The molecule has 3 rings (SSSR count). The summed E-state index contributed by atoms with van der Waals surface area (Å²) in [6.45, 7) is 2.89. The second-order valence-electron chi connectivity index (χ2n) is 6.26. The highest BCUT2D eigenvalue weighted by atomic mass is 32.1. The van der Waals surface area contributed by atoms with E-state index in [9.17, 15) is 9.18 Å². The van der Waals surface area contributed by atoms with Gasteiger partial charge in [-0.05, 0) is 48.6 Å². The maximum Gasteiger partial charge on any atom is 0.253 e. The molecule has 2 aromatic rings. The Hall–Kier alpha value is -1.76. The van der Waals surface area contributed by atoms with Gasteiger partial charge in [-0.15, -0.1) is 11.3 Å². The average Bonchev–Trinajstić information content (AvgIpc) is 3.12. The van der Waals surface area contributed by atoms with E-state index < -0.39 is 0 Å². The van der Waals surface area contributed by atoms with Gasteiger partial charge in [-0.2, -0.15) is 0 Å². The zero-order valence-electron chi connectivity index (χ0n) is 14.4. The van der Waals surface area contributed by atoms with Gasteiger partial charge in [-0.25, -0.2) is 4.39 Å². The number of likely N-dealkylation sites (tertiary alicyclic amines) is 1. The topological polar surface area (TPSA) is 32.8 Å². The number of nitrogens with zero attached hydrogens (tertiary/aromatic N) is 2. The SMILES string of the molecule is COCC(=O)N(c1ccc(F)cc1)C1CCN(Cc2cccs2)CC1. The molecule has 2 heterocycles. The zero-order valence-corrected chi connectivity index (χ0v) is 15.2. The minimum atomic E-state index is -0.298. The maximum absolute atomic E-state index is 13.2. The highest BCUT2D eigenvalue weighted by Crippen LogP contribution is 2.25. The van der Waals surface area contributed by atoms with Crippen molar-refractivity contribution >= 4 is 22.9 Å². The maximum atomic E-state index is 13.2. The first-order chi connectivity index (χ1) is 12.2. The molecule has 1 aliphatic heterocycles. The van der Waals surface area contributed by atoms with Crippen molar-refractivity contribution < 1.29 is 13.9 Å². The molecule has 0 spiro atoms. The monoisotopic (exact) mass is 362 g/mol. The second kappa shape index (κ2) is 8.56. The first-order valence-corrected chi connectivity index (χ1v) is 9.36. The van der Waals surface area contributed by atoms with Gasteiger partial charge in [0.1, 0.15) is 12.4 Å². The highest BCUT2D eigenvalue weighted by Gasteiger charge is 2.29. The van der Waals surface area contributed by atoms with Crippen LogP contribution >= 0.6 is 11.3 Å². The third-order valence-electron chi connectivity index (χ3n) is 4.52. The van der Waals surface area contributed by atoms with E-state index in [1.54, 1.807) is 28.4 Å². The zero-order chi connectivity index (χ0) is 17.6. The summed E-state index contributed by atoms with van der Waals surface area (Å²) in [6.07, 6.45) is 1.80. The molecule has 4 nitrogen and oxygen atoms in total. The number of ether oxygens (including phenoxy) is 1. The minimum Gasteiger partial charge on any atom is -0.375 e. The molecule has 0 unspecified atom stereocenters.